The fourth-order valence-electron chi connectivity index (χ4n) is 10.4. The highest BCUT2D eigenvalue weighted by molar-refractivity contribution is 6.24. The van der Waals surface area contributed by atoms with Crippen LogP contribution in [0.5, 0.6) is 0 Å². The predicted molar refractivity (Wildman–Crippen MR) is 256 cm³/mol. The molecule has 0 bridgehead atoms. The molecule has 0 amide bonds. The molecule has 1 aliphatic rings. The maximum Gasteiger partial charge on any atom is 0.0714 e. The van der Waals surface area contributed by atoms with Gasteiger partial charge in [0.25, 0.3) is 0 Å². The number of benzene rings is 10. The molecule has 0 unspecified atom stereocenters. The molecule has 11 aromatic rings. The number of nitrogens with zero attached hydrogens (tertiary/aromatic N) is 2. The summed E-state index contributed by atoms with van der Waals surface area (Å²) < 4.78 is 2.47. The maximum atomic E-state index is 2.48. The van der Waals surface area contributed by atoms with Crippen molar-refractivity contribution in [2.45, 2.75) is 5.41 Å². The molecule has 10 aromatic carbocycles. The highest BCUT2D eigenvalue weighted by Crippen LogP contribution is 2.59. The van der Waals surface area contributed by atoms with Gasteiger partial charge < -0.3 is 9.47 Å². The van der Waals surface area contributed by atoms with Gasteiger partial charge in [0.1, 0.15) is 0 Å². The van der Waals surface area contributed by atoms with E-state index in [9.17, 15) is 0 Å². The Labute approximate surface area is 355 Å². The van der Waals surface area contributed by atoms with Gasteiger partial charge in [0.05, 0.1) is 22.1 Å². The van der Waals surface area contributed by atoms with Crippen molar-refractivity contribution in [3.05, 3.63) is 265 Å². The lowest BCUT2D eigenvalue weighted by Crippen LogP contribution is -2.28. The molecule has 1 aromatic heterocycles. The van der Waals surface area contributed by atoms with E-state index < -0.39 is 5.41 Å². The van der Waals surface area contributed by atoms with Crippen LogP contribution in [0.3, 0.4) is 0 Å². The summed E-state index contributed by atoms with van der Waals surface area (Å²) >= 11 is 0. The highest BCUT2D eigenvalue weighted by atomic mass is 15.1. The quantitative estimate of drug-likeness (QED) is 0.156. The van der Waals surface area contributed by atoms with E-state index in [0.717, 1.165) is 22.7 Å². The number of fused-ring (bicyclic) bond motifs is 8. The standard InChI is InChI=1S/C59H40N2/c1-6-21-41(22-7-1)50-39-42-23-16-17-32-48(42)58-56(50)51-40-47(37-38-54(51)61(58)46-30-14-5-15-31-46)60(45-28-12-4-13-29-45)55-36-20-35-53-57(55)49-33-18-19-34-52(49)59(53,43-24-8-2-9-25-43)44-26-10-3-11-27-44/h1-40H. The van der Waals surface area contributed by atoms with Crippen molar-refractivity contribution in [1.82, 2.24) is 4.57 Å². The van der Waals surface area contributed by atoms with Crippen molar-refractivity contribution in [2.75, 3.05) is 4.90 Å². The first-order valence-electron chi connectivity index (χ1n) is 21.1. The molecule has 0 N–H and O–H groups in total. The molecule has 0 atom stereocenters. The molecule has 12 rings (SSSR count). The molecule has 286 valence electrons. The highest BCUT2D eigenvalue weighted by Gasteiger charge is 2.47. The molecule has 0 fully saturated rings. The Kier molecular flexibility index (Phi) is 8.11. The Morgan fingerprint density at radius 3 is 1.70 bits per heavy atom. The van der Waals surface area contributed by atoms with Gasteiger partial charge in [0.15, 0.2) is 0 Å². The summed E-state index contributed by atoms with van der Waals surface area (Å²) in [6.45, 7) is 0. The summed E-state index contributed by atoms with van der Waals surface area (Å²) in [5, 5.41) is 4.90. The molecular formula is C59H40N2. The Balaban J connectivity index is 1.19. The molecule has 2 heteroatoms. The summed E-state index contributed by atoms with van der Waals surface area (Å²) in [6.07, 6.45) is 0. The van der Waals surface area contributed by atoms with Crippen molar-refractivity contribution in [3.63, 3.8) is 0 Å². The van der Waals surface area contributed by atoms with E-state index in [1.54, 1.807) is 0 Å². The van der Waals surface area contributed by atoms with Gasteiger partial charge in [-0.25, -0.2) is 0 Å². The second-order valence-electron chi connectivity index (χ2n) is 16.0. The van der Waals surface area contributed by atoms with Crippen LogP contribution in [0.2, 0.25) is 0 Å². The first kappa shape index (κ1) is 35.0. The van der Waals surface area contributed by atoms with Crippen LogP contribution in [0.4, 0.5) is 17.1 Å². The average Bonchev–Trinajstić information content (AvgIpc) is 3.85. The number of hydrogen-bond donors (Lipinski definition) is 0. The molecule has 0 saturated heterocycles. The minimum Gasteiger partial charge on any atom is -0.310 e. The van der Waals surface area contributed by atoms with E-state index in [0.29, 0.717) is 0 Å². The normalized spacial score (nSPS) is 12.7. The average molecular weight is 777 g/mol. The summed E-state index contributed by atoms with van der Waals surface area (Å²) in [5.74, 6) is 0. The minimum atomic E-state index is -0.508. The van der Waals surface area contributed by atoms with Crippen LogP contribution in [0.1, 0.15) is 22.3 Å². The van der Waals surface area contributed by atoms with Crippen LogP contribution in [0, 0.1) is 0 Å². The third-order valence-electron chi connectivity index (χ3n) is 12.8. The number of aromatic nitrogens is 1. The third-order valence-corrected chi connectivity index (χ3v) is 12.8. The lowest BCUT2D eigenvalue weighted by molar-refractivity contribution is 0.768. The van der Waals surface area contributed by atoms with Gasteiger partial charge in [0, 0.05) is 38.8 Å². The topological polar surface area (TPSA) is 8.17 Å². The second-order valence-corrected chi connectivity index (χ2v) is 16.0. The Bertz CT molecular complexity index is 3350. The number of rotatable bonds is 7. The summed E-state index contributed by atoms with van der Waals surface area (Å²) in [7, 11) is 0. The molecule has 1 aliphatic carbocycles. The fourth-order valence-corrected chi connectivity index (χ4v) is 10.4. The van der Waals surface area contributed by atoms with E-state index in [2.05, 4.69) is 252 Å². The second kappa shape index (κ2) is 14.1. The first-order valence-corrected chi connectivity index (χ1v) is 21.1. The first-order chi connectivity index (χ1) is 30.3. The molecule has 0 aliphatic heterocycles. The minimum absolute atomic E-state index is 0.508. The lowest BCUT2D eigenvalue weighted by atomic mass is 9.68. The summed E-state index contributed by atoms with van der Waals surface area (Å²) in [5.41, 5.74) is 16.4. The van der Waals surface area contributed by atoms with Gasteiger partial charge in [-0.15, -0.1) is 0 Å². The summed E-state index contributed by atoms with van der Waals surface area (Å²) in [6, 6.07) is 89.0. The van der Waals surface area contributed by atoms with Crippen LogP contribution in [0.25, 0.3) is 60.5 Å². The van der Waals surface area contributed by atoms with Crippen molar-refractivity contribution in [2.24, 2.45) is 0 Å². The van der Waals surface area contributed by atoms with Gasteiger partial charge in [-0.3, -0.25) is 0 Å². The van der Waals surface area contributed by atoms with Crippen LogP contribution >= 0.6 is 0 Å². The zero-order valence-electron chi connectivity index (χ0n) is 33.5. The maximum absolute atomic E-state index is 2.48. The van der Waals surface area contributed by atoms with Crippen LogP contribution in [-0.2, 0) is 5.41 Å². The fraction of sp³-hybridized carbons (Fsp3) is 0.0169. The van der Waals surface area contributed by atoms with Gasteiger partial charge in [-0.2, -0.15) is 0 Å². The van der Waals surface area contributed by atoms with Crippen LogP contribution in [-0.4, -0.2) is 4.57 Å². The largest absolute Gasteiger partial charge is 0.310 e. The molecular weight excluding hydrogens is 737 g/mol. The van der Waals surface area contributed by atoms with E-state index in [4.69, 9.17) is 0 Å². The van der Waals surface area contributed by atoms with Gasteiger partial charge in [-0.1, -0.05) is 188 Å². The number of hydrogen-bond acceptors (Lipinski definition) is 1. The van der Waals surface area contributed by atoms with E-state index in [1.165, 1.54) is 77.1 Å². The number of anilines is 3. The Morgan fingerprint density at radius 1 is 0.393 bits per heavy atom. The van der Waals surface area contributed by atoms with Gasteiger partial charge in [-0.05, 0) is 98.9 Å². The van der Waals surface area contributed by atoms with Gasteiger partial charge >= 0.3 is 0 Å². The molecule has 0 radical (unpaired) electrons. The molecule has 0 spiro atoms. The number of para-hydroxylation sites is 2. The monoisotopic (exact) mass is 776 g/mol. The van der Waals surface area contributed by atoms with E-state index >= 15 is 0 Å². The van der Waals surface area contributed by atoms with E-state index in [1.807, 2.05) is 0 Å². The van der Waals surface area contributed by atoms with E-state index in [-0.39, 0.29) is 0 Å². The molecule has 1 heterocycles. The zero-order valence-corrected chi connectivity index (χ0v) is 33.5. The molecule has 61 heavy (non-hydrogen) atoms. The molecule has 2 nitrogen and oxygen atoms in total. The summed E-state index contributed by atoms with van der Waals surface area (Å²) in [4.78, 5) is 2.48. The zero-order chi connectivity index (χ0) is 40.3. The third kappa shape index (κ3) is 5.29. The SMILES string of the molecule is c1ccc(-c2cc3ccccc3c3c2c2cc(N(c4ccccc4)c4cccc5c4-c4ccccc4C5(c4ccccc4)c4ccccc4)ccc2n3-c2ccccc2)cc1. The smallest absolute Gasteiger partial charge is 0.0714 e. The predicted octanol–water partition coefficient (Wildman–Crippen LogP) is 15.4. The van der Waals surface area contributed by atoms with Crippen LogP contribution < -0.4 is 4.90 Å². The van der Waals surface area contributed by atoms with Crippen molar-refractivity contribution >= 4 is 49.6 Å². The van der Waals surface area contributed by atoms with Crippen molar-refractivity contribution in [1.29, 1.82) is 0 Å². The molecule has 0 saturated carbocycles. The van der Waals surface area contributed by atoms with Crippen molar-refractivity contribution in [3.8, 4) is 27.9 Å². The van der Waals surface area contributed by atoms with Crippen LogP contribution in [0.15, 0.2) is 243 Å². The van der Waals surface area contributed by atoms with Crippen molar-refractivity contribution < 1.29 is 0 Å². The Hall–Kier alpha value is -7.94. The lowest BCUT2D eigenvalue weighted by Gasteiger charge is -2.34. The Morgan fingerprint density at radius 2 is 0.984 bits per heavy atom. The van der Waals surface area contributed by atoms with Gasteiger partial charge in [0.2, 0.25) is 0 Å².